The second-order valence-electron chi connectivity index (χ2n) is 5.97. The molecule has 1 heterocycles. The molecule has 2 rings (SSSR count). The molecule has 0 amide bonds. The van der Waals surface area contributed by atoms with Crippen molar-refractivity contribution in [2.75, 3.05) is 39.1 Å². The van der Waals surface area contributed by atoms with E-state index >= 15 is 0 Å². The highest BCUT2D eigenvalue weighted by atomic mass is 15.3. The summed E-state index contributed by atoms with van der Waals surface area (Å²) in [7, 11) is 6.47. The van der Waals surface area contributed by atoms with Crippen molar-refractivity contribution in [1.29, 1.82) is 0 Å². The highest BCUT2D eigenvalue weighted by molar-refractivity contribution is 5.35. The van der Waals surface area contributed by atoms with E-state index in [1.165, 1.54) is 19.3 Å². The molecule has 1 aliphatic carbocycles. The van der Waals surface area contributed by atoms with Crippen molar-refractivity contribution in [2.24, 2.45) is 0 Å². The van der Waals surface area contributed by atoms with E-state index in [0.29, 0.717) is 5.54 Å². The first-order valence-corrected chi connectivity index (χ1v) is 7.47. The summed E-state index contributed by atoms with van der Waals surface area (Å²) < 4.78 is 0. The summed E-state index contributed by atoms with van der Waals surface area (Å²) in [6.07, 6.45) is 7.64. The molecule has 112 valence electrons. The standard InChI is InChI=1S/C15H27N5/c1-5-16-9-13-10-18-14(11-17-13)20(4)12-15(19(2)3)7-6-8-15/h10-11,16H,5-9,12H2,1-4H3. The Labute approximate surface area is 122 Å². The third-order valence-corrected chi connectivity index (χ3v) is 4.40. The number of likely N-dealkylation sites (N-methyl/N-ethyl adjacent to an activating group) is 2. The lowest BCUT2D eigenvalue weighted by molar-refractivity contribution is 0.0681. The fourth-order valence-corrected chi connectivity index (χ4v) is 2.74. The van der Waals surface area contributed by atoms with E-state index in [9.17, 15) is 0 Å². The fourth-order valence-electron chi connectivity index (χ4n) is 2.74. The minimum absolute atomic E-state index is 0.318. The molecular weight excluding hydrogens is 250 g/mol. The molecule has 1 N–H and O–H groups in total. The van der Waals surface area contributed by atoms with E-state index in [2.05, 4.69) is 53.2 Å². The maximum absolute atomic E-state index is 4.54. The van der Waals surface area contributed by atoms with Crippen molar-refractivity contribution in [1.82, 2.24) is 20.2 Å². The van der Waals surface area contributed by atoms with Gasteiger partial charge in [0.2, 0.25) is 0 Å². The minimum Gasteiger partial charge on any atom is -0.357 e. The first-order valence-electron chi connectivity index (χ1n) is 7.47. The molecule has 0 aliphatic heterocycles. The van der Waals surface area contributed by atoms with Crippen LogP contribution in [0.25, 0.3) is 0 Å². The van der Waals surface area contributed by atoms with Crippen LogP contribution in [0.4, 0.5) is 5.82 Å². The summed E-state index contributed by atoms with van der Waals surface area (Å²) in [6.45, 7) is 4.85. The Balaban J connectivity index is 1.96. The number of hydrogen-bond acceptors (Lipinski definition) is 5. The van der Waals surface area contributed by atoms with Gasteiger partial charge in [0.15, 0.2) is 0 Å². The van der Waals surface area contributed by atoms with Crippen molar-refractivity contribution in [3.05, 3.63) is 18.1 Å². The van der Waals surface area contributed by atoms with Gasteiger partial charge >= 0.3 is 0 Å². The van der Waals surface area contributed by atoms with Crippen LogP contribution in [0.1, 0.15) is 31.9 Å². The van der Waals surface area contributed by atoms with E-state index in [-0.39, 0.29) is 0 Å². The summed E-state index contributed by atoms with van der Waals surface area (Å²) in [5, 5.41) is 3.26. The first kappa shape index (κ1) is 15.2. The zero-order valence-corrected chi connectivity index (χ0v) is 13.2. The lowest BCUT2D eigenvalue weighted by Gasteiger charge is -2.49. The molecule has 0 atom stereocenters. The number of nitrogens with zero attached hydrogens (tertiary/aromatic N) is 4. The van der Waals surface area contributed by atoms with Gasteiger partial charge in [0, 0.05) is 25.7 Å². The highest BCUT2D eigenvalue weighted by Crippen LogP contribution is 2.37. The maximum Gasteiger partial charge on any atom is 0.146 e. The Morgan fingerprint density at radius 3 is 2.40 bits per heavy atom. The van der Waals surface area contributed by atoms with Crippen LogP contribution in [-0.2, 0) is 6.54 Å². The molecule has 1 aliphatic rings. The van der Waals surface area contributed by atoms with Crippen LogP contribution in [0.2, 0.25) is 0 Å². The van der Waals surface area contributed by atoms with Gasteiger partial charge in [0.1, 0.15) is 5.82 Å². The molecule has 1 saturated carbocycles. The Hall–Kier alpha value is -1.20. The predicted molar refractivity (Wildman–Crippen MR) is 83.0 cm³/mol. The number of rotatable bonds is 7. The molecule has 0 radical (unpaired) electrons. The molecule has 20 heavy (non-hydrogen) atoms. The summed E-state index contributed by atoms with van der Waals surface area (Å²) >= 11 is 0. The van der Waals surface area contributed by atoms with E-state index in [1.807, 2.05) is 12.4 Å². The van der Waals surface area contributed by atoms with Crippen LogP contribution >= 0.6 is 0 Å². The molecule has 0 spiro atoms. The SMILES string of the molecule is CCNCc1cnc(N(C)CC2(N(C)C)CCC2)cn1. The zero-order chi connectivity index (χ0) is 14.6. The molecule has 1 aromatic heterocycles. The quantitative estimate of drug-likeness (QED) is 0.818. The molecule has 0 bridgehead atoms. The Bertz CT molecular complexity index is 411. The average molecular weight is 277 g/mol. The van der Waals surface area contributed by atoms with Crippen LogP contribution in [-0.4, -0.2) is 54.6 Å². The molecule has 5 nitrogen and oxygen atoms in total. The van der Waals surface area contributed by atoms with Crippen molar-refractivity contribution in [2.45, 2.75) is 38.3 Å². The van der Waals surface area contributed by atoms with Gasteiger partial charge in [-0.1, -0.05) is 6.92 Å². The van der Waals surface area contributed by atoms with Crippen LogP contribution in [0.3, 0.4) is 0 Å². The van der Waals surface area contributed by atoms with Crippen LogP contribution < -0.4 is 10.2 Å². The summed E-state index contributed by atoms with van der Waals surface area (Å²) in [5.74, 6) is 0.957. The van der Waals surface area contributed by atoms with Gasteiger partial charge in [0.25, 0.3) is 0 Å². The fraction of sp³-hybridized carbons (Fsp3) is 0.733. The van der Waals surface area contributed by atoms with Crippen LogP contribution in [0.15, 0.2) is 12.4 Å². The van der Waals surface area contributed by atoms with Gasteiger partial charge in [-0.25, -0.2) is 4.98 Å². The van der Waals surface area contributed by atoms with Crippen molar-refractivity contribution in [3.8, 4) is 0 Å². The van der Waals surface area contributed by atoms with E-state index < -0.39 is 0 Å². The zero-order valence-electron chi connectivity index (χ0n) is 13.2. The monoisotopic (exact) mass is 277 g/mol. The van der Waals surface area contributed by atoms with Gasteiger partial charge in [0.05, 0.1) is 18.1 Å². The molecule has 0 saturated heterocycles. The van der Waals surface area contributed by atoms with Crippen molar-refractivity contribution >= 4 is 5.82 Å². The molecule has 0 aromatic carbocycles. The lowest BCUT2D eigenvalue weighted by Crippen LogP contribution is -2.56. The van der Waals surface area contributed by atoms with Crippen molar-refractivity contribution < 1.29 is 0 Å². The maximum atomic E-state index is 4.54. The number of nitrogens with one attached hydrogen (secondary N) is 1. The normalized spacial score (nSPS) is 17.1. The second-order valence-corrected chi connectivity index (χ2v) is 5.97. The van der Waals surface area contributed by atoms with E-state index in [0.717, 1.165) is 31.1 Å². The van der Waals surface area contributed by atoms with E-state index in [1.54, 1.807) is 0 Å². The first-order chi connectivity index (χ1) is 9.57. The van der Waals surface area contributed by atoms with Crippen LogP contribution in [0.5, 0.6) is 0 Å². The van der Waals surface area contributed by atoms with Gasteiger partial charge < -0.3 is 15.1 Å². The van der Waals surface area contributed by atoms with Crippen LogP contribution in [0, 0.1) is 0 Å². The molecule has 1 fully saturated rings. The Kier molecular flexibility index (Phi) is 4.94. The number of anilines is 1. The number of aromatic nitrogens is 2. The molecule has 0 unspecified atom stereocenters. The average Bonchev–Trinajstić information content (AvgIpc) is 2.40. The van der Waals surface area contributed by atoms with Gasteiger partial charge in [-0.05, 0) is 39.9 Å². The predicted octanol–water partition coefficient (Wildman–Crippen LogP) is 1.51. The summed E-state index contributed by atoms with van der Waals surface area (Å²) in [4.78, 5) is 13.6. The van der Waals surface area contributed by atoms with Gasteiger partial charge in [-0.2, -0.15) is 0 Å². The summed E-state index contributed by atoms with van der Waals surface area (Å²) in [5.41, 5.74) is 1.31. The van der Waals surface area contributed by atoms with Gasteiger partial charge in [-0.3, -0.25) is 4.98 Å². The van der Waals surface area contributed by atoms with Crippen molar-refractivity contribution in [3.63, 3.8) is 0 Å². The smallest absolute Gasteiger partial charge is 0.146 e. The molecular formula is C15H27N5. The third-order valence-electron chi connectivity index (χ3n) is 4.40. The minimum atomic E-state index is 0.318. The second kappa shape index (κ2) is 6.50. The Morgan fingerprint density at radius 2 is 1.95 bits per heavy atom. The highest BCUT2D eigenvalue weighted by Gasteiger charge is 2.40. The number of hydrogen-bond donors (Lipinski definition) is 1. The lowest BCUT2D eigenvalue weighted by atomic mass is 9.75. The molecule has 1 aromatic rings. The van der Waals surface area contributed by atoms with E-state index in [4.69, 9.17) is 0 Å². The Morgan fingerprint density at radius 1 is 1.20 bits per heavy atom. The summed E-state index contributed by atoms with van der Waals surface area (Å²) in [6, 6.07) is 0. The largest absolute Gasteiger partial charge is 0.357 e. The third kappa shape index (κ3) is 3.27. The topological polar surface area (TPSA) is 44.3 Å². The molecule has 5 heteroatoms. The van der Waals surface area contributed by atoms with Gasteiger partial charge in [-0.15, -0.1) is 0 Å².